The van der Waals surface area contributed by atoms with Crippen molar-refractivity contribution in [1.82, 2.24) is 19.5 Å². The molecule has 0 unspecified atom stereocenters. The second-order valence-corrected chi connectivity index (χ2v) is 12.5. The summed E-state index contributed by atoms with van der Waals surface area (Å²) >= 11 is 0. The largest absolute Gasteiger partial charge is 0.443 e. The van der Waals surface area contributed by atoms with E-state index in [9.17, 15) is 0 Å². The van der Waals surface area contributed by atoms with Crippen LogP contribution in [0.1, 0.15) is 25.0 Å². The molecule has 56 heavy (non-hydrogen) atoms. The number of rotatable bonds is 1. The molecule has 0 radical (unpaired) electrons. The maximum Gasteiger partial charge on any atom is 0.182 e. The molecule has 0 aliphatic carbocycles. The van der Waals surface area contributed by atoms with Crippen LogP contribution in [0.3, 0.4) is 0 Å². The Morgan fingerprint density at radius 1 is 0.518 bits per heavy atom. The van der Waals surface area contributed by atoms with Crippen LogP contribution in [0.5, 0.6) is 0 Å². The summed E-state index contributed by atoms with van der Waals surface area (Å²) in [6.07, 6.45) is 15.4. The maximum atomic E-state index is 5.53. The van der Waals surface area contributed by atoms with E-state index in [1.165, 1.54) is 28.3 Å². The molecule has 3 aliphatic heterocycles. The Kier molecular flexibility index (Phi) is 11.9. The summed E-state index contributed by atoms with van der Waals surface area (Å²) in [4.78, 5) is 21.0. The summed E-state index contributed by atoms with van der Waals surface area (Å²) in [7, 11) is 0. The summed E-state index contributed by atoms with van der Waals surface area (Å²) in [5.74, 6) is 0.887. The third-order valence-electron chi connectivity index (χ3n) is 9.07. The number of aromatic nitrogens is 4. The summed E-state index contributed by atoms with van der Waals surface area (Å²) in [5, 5.41) is 11.8. The molecule has 0 N–H and O–H groups in total. The van der Waals surface area contributed by atoms with Gasteiger partial charge in [-0.25, -0.2) is 19.9 Å². The van der Waals surface area contributed by atoms with Gasteiger partial charge in [0.25, 0.3) is 0 Å². The molecule has 6 heterocycles. The van der Waals surface area contributed by atoms with Gasteiger partial charge in [-0.15, -0.1) is 0 Å². The molecule has 9 aromatic rings. The smallest absolute Gasteiger partial charge is 0.182 e. The zero-order valence-corrected chi connectivity index (χ0v) is 29.9. The molecule has 0 fully saturated rings. The summed E-state index contributed by atoms with van der Waals surface area (Å²) in [6, 6.07) is 47.2. The van der Waals surface area contributed by atoms with Crippen molar-refractivity contribution in [2.24, 2.45) is 20.2 Å². The van der Waals surface area contributed by atoms with Crippen LogP contribution in [0, 0.1) is 0 Å². The van der Waals surface area contributed by atoms with Gasteiger partial charge in [0, 0.05) is 72.3 Å². The van der Waals surface area contributed by atoms with E-state index in [0.29, 0.717) is 0 Å². The molecule has 9 nitrogen and oxygen atoms in total. The van der Waals surface area contributed by atoms with Crippen LogP contribution < -0.4 is 0 Å². The van der Waals surface area contributed by atoms with E-state index >= 15 is 0 Å². The third kappa shape index (κ3) is 8.37. The van der Waals surface area contributed by atoms with Crippen LogP contribution in [-0.4, -0.2) is 44.4 Å². The monoisotopic (exact) mass is 732 g/mol. The minimum atomic E-state index is 0. The van der Waals surface area contributed by atoms with Crippen LogP contribution in [0.2, 0.25) is 0 Å². The second kappa shape index (κ2) is 18.1. The van der Waals surface area contributed by atoms with E-state index < -0.39 is 0 Å². The number of nitrogens with zero attached hydrogens (tertiary/aromatic N) is 8. The Morgan fingerprint density at radius 3 is 1.93 bits per heavy atom. The lowest BCUT2D eigenvalue weighted by Gasteiger charge is -2.04. The van der Waals surface area contributed by atoms with Gasteiger partial charge in [0.15, 0.2) is 17.8 Å². The van der Waals surface area contributed by atoms with E-state index in [-0.39, 0.29) is 7.43 Å². The predicted octanol–water partition coefficient (Wildman–Crippen LogP) is 11.5. The Morgan fingerprint density at radius 2 is 1.16 bits per heavy atom. The standard InChI is InChI=1S/C15H9NO.C13H10N2.C8H7N.C7H6N2.C3H4N2.CH4/c1-3-7-12-10(5-1)11-6-2-4-8-13(11)15-14(12)16-9-17-15;1-2-6-11(7-3-1)15-10-14-12-8-4-5-9-13(12)15;1-2-4-8-7(3-1)5-6-9-8;1-2-6-3-5-9-7(6)8-4-1;1-2-4-5-3-1;/h1-9H;1-10H;1-4,6H,5H2;1-2,4-5H,3H2;2-3H,1H2;1H4. The first-order chi connectivity index (χ1) is 27.3. The second-order valence-electron chi connectivity index (χ2n) is 12.5. The molecular formula is C47H40N8O. The highest BCUT2D eigenvalue weighted by atomic mass is 16.3. The summed E-state index contributed by atoms with van der Waals surface area (Å²) < 4.78 is 7.62. The van der Waals surface area contributed by atoms with Crippen molar-refractivity contribution in [2.45, 2.75) is 26.7 Å². The van der Waals surface area contributed by atoms with Gasteiger partial charge >= 0.3 is 0 Å². The molecule has 0 atom stereocenters. The normalized spacial score (nSPS) is 12.4. The fourth-order valence-electron chi connectivity index (χ4n) is 6.45. The van der Waals surface area contributed by atoms with Crippen molar-refractivity contribution >= 4 is 80.0 Å². The van der Waals surface area contributed by atoms with Crippen LogP contribution in [0.25, 0.3) is 49.4 Å². The molecule has 0 bridgehead atoms. The van der Waals surface area contributed by atoms with E-state index in [2.05, 4.69) is 106 Å². The van der Waals surface area contributed by atoms with Gasteiger partial charge < -0.3 is 4.42 Å². The highest BCUT2D eigenvalue weighted by molar-refractivity contribution is 6.22. The quantitative estimate of drug-likeness (QED) is 0.157. The average molecular weight is 733 g/mol. The molecular weight excluding hydrogens is 693 g/mol. The molecule has 3 aromatic heterocycles. The van der Waals surface area contributed by atoms with E-state index in [1.807, 2.05) is 91.6 Å². The van der Waals surface area contributed by atoms with E-state index in [4.69, 9.17) is 4.42 Å². The van der Waals surface area contributed by atoms with Crippen molar-refractivity contribution in [3.05, 3.63) is 170 Å². The van der Waals surface area contributed by atoms with Gasteiger partial charge in [0.05, 0.1) is 16.7 Å². The van der Waals surface area contributed by atoms with Crippen molar-refractivity contribution in [3.63, 3.8) is 0 Å². The van der Waals surface area contributed by atoms with Gasteiger partial charge in [-0.05, 0) is 52.7 Å². The highest BCUT2D eigenvalue weighted by Crippen LogP contribution is 2.33. The zero-order chi connectivity index (χ0) is 37.1. The number of pyridine rings is 1. The first-order valence-corrected chi connectivity index (χ1v) is 18.0. The Labute approximate surface area is 325 Å². The zero-order valence-electron chi connectivity index (χ0n) is 29.9. The average Bonchev–Trinajstić information content (AvgIpc) is 4.12. The number of aliphatic imine (C=N–C) groups is 2. The predicted molar refractivity (Wildman–Crippen MR) is 233 cm³/mol. The lowest BCUT2D eigenvalue weighted by Crippen LogP contribution is -1.90. The number of para-hydroxylation sites is 4. The summed E-state index contributed by atoms with van der Waals surface area (Å²) in [5.41, 5.74) is 8.85. The van der Waals surface area contributed by atoms with Crippen molar-refractivity contribution in [2.75, 3.05) is 0 Å². The fraction of sp³-hybridized carbons (Fsp3) is 0.0851. The molecule has 0 saturated heterocycles. The van der Waals surface area contributed by atoms with Crippen LogP contribution in [0.4, 0.5) is 11.5 Å². The van der Waals surface area contributed by atoms with Crippen LogP contribution >= 0.6 is 0 Å². The van der Waals surface area contributed by atoms with Gasteiger partial charge in [-0.2, -0.15) is 10.2 Å². The SMILES string of the molecule is C.C1=NN=CC1.C1=Nc2ccccc2C1.C1=Nc2ncccc2C1.c1ccc(-n2cnc3ccccc32)cc1.c1ccc2c(c1)c1ccccc1c1ocnc21. The lowest BCUT2D eigenvalue weighted by molar-refractivity contribution is 0.605. The Bertz CT molecular complexity index is 2680. The molecule has 12 rings (SSSR count). The van der Waals surface area contributed by atoms with Crippen LogP contribution in [-0.2, 0) is 12.8 Å². The van der Waals surface area contributed by atoms with Gasteiger partial charge in [0.1, 0.15) is 11.8 Å². The number of imidazole rings is 1. The topological polar surface area (TPSA) is 106 Å². The van der Waals surface area contributed by atoms with E-state index in [0.717, 1.165) is 69.4 Å². The first-order valence-electron chi connectivity index (χ1n) is 18.0. The van der Waals surface area contributed by atoms with Gasteiger partial charge in [-0.3, -0.25) is 9.56 Å². The fourth-order valence-corrected chi connectivity index (χ4v) is 6.45. The summed E-state index contributed by atoms with van der Waals surface area (Å²) in [6.45, 7) is 0. The molecule has 3 aliphatic rings. The van der Waals surface area contributed by atoms with E-state index in [1.54, 1.807) is 18.6 Å². The first kappa shape index (κ1) is 36.9. The van der Waals surface area contributed by atoms with Crippen molar-refractivity contribution < 1.29 is 4.42 Å². The molecule has 6 aromatic carbocycles. The molecule has 0 spiro atoms. The number of hydrogen-bond acceptors (Lipinski definition) is 8. The Hall–Kier alpha value is -7.39. The van der Waals surface area contributed by atoms with Crippen molar-refractivity contribution in [3.8, 4) is 5.69 Å². The Balaban J connectivity index is 0.000000112. The lowest BCUT2D eigenvalue weighted by atomic mass is 10.0. The molecule has 274 valence electrons. The number of benzene rings is 6. The molecule has 9 heteroatoms. The molecule has 0 amide bonds. The van der Waals surface area contributed by atoms with Crippen molar-refractivity contribution in [1.29, 1.82) is 0 Å². The number of oxazole rings is 1. The van der Waals surface area contributed by atoms with Gasteiger partial charge in [-0.1, -0.05) is 111 Å². The number of fused-ring (bicyclic) bond motifs is 9. The van der Waals surface area contributed by atoms with Gasteiger partial charge in [0.2, 0.25) is 0 Å². The highest BCUT2D eigenvalue weighted by Gasteiger charge is 2.10. The minimum absolute atomic E-state index is 0. The number of hydrogen-bond donors (Lipinski definition) is 0. The maximum absolute atomic E-state index is 5.53. The third-order valence-corrected chi connectivity index (χ3v) is 9.07. The molecule has 0 saturated carbocycles. The minimum Gasteiger partial charge on any atom is -0.443 e. The van der Waals surface area contributed by atoms with Crippen LogP contribution in [0.15, 0.2) is 183 Å².